The van der Waals surface area contributed by atoms with Crippen molar-refractivity contribution >= 4 is 17.7 Å². The molecule has 0 saturated heterocycles. The van der Waals surface area contributed by atoms with Gasteiger partial charge in [-0.2, -0.15) is 0 Å². The largest absolute Gasteiger partial charge is 0.349 e. The molecule has 1 unspecified atom stereocenters. The lowest BCUT2D eigenvalue weighted by atomic mass is 10.1. The monoisotopic (exact) mass is 280 g/mol. The molecule has 0 bridgehead atoms. The predicted molar refractivity (Wildman–Crippen MR) is 82.6 cm³/mol. The summed E-state index contributed by atoms with van der Waals surface area (Å²) in [7, 11) is 3.59. The summed E-state index contributed by atoms with van der Waals surface area (Å²) < 4.78 is 0. The second-order valence-corrected chi connectivity index (χ2v) is 5.90. The lowest BCUT2D eigenvalue weighted by Crippen LogP contribution is -2.21. The third kappa shape index (κ3) is 5.66. The molecule has 0 saturated carbocycles. The summed E-state index contributed by atoms with van der Waals surface area (Å²) in [6, 6.07) is 8.97. The Morgan fingerprint density at radius 1 is 1.32 bits per heavy atom. The average Bonchev–Trinajstić information content (AvgIpc) is 2.39. The van der Waals surface area contributed by atoms with Crippen LogP contribution in [0.1, 0.15) is 31.9 Å². The van der Waals surface area contributed by atoms with Gasteiger partial charge in [-0.3, -0.25) is 4.79 Å². The van der Waals surface area contributed by atoms with Gasteiger partial charge in [0.1, 0.15) is 0 Å². The van der Waals surface area contributed by atoms with Crippen LogP contribution in [0.25, 0.3) is 0 Å². The van der Waals surface area contributed by atoms with Gasteiger partial charge in [-0.25, -0.2) is 0 Å². The van der Waals surface area contributed by atoms with Gasteiger partial charge >= 0.3 is 0 Å². The van der Waals surface area contributed by atoms with E-state index in [2.05, 4.69) is 43.4 Å². The standard InChI is InChI=1S/C15H24N2OS/c1-5-16-12(2)13-6-8-14(9-7-13)19-11-10-15(18)17(3)4/h6-9,12,16H,5,10-11H2,1-4H3. The minimum Gasteiger partial charge on any atom is -0.349 e. The first kappa shape index (κ1) is 16.1. The Bertz CT molecular complexity index is 390. The highest BCUT2D eigenvalue weighted by Gasteiger charge is 2.05. The number of nitrogens with zero attached hydrogens (tertiary/aromatic N) is 1. The van der Waals surface area contributed by atoms with Gasteiger partial charge in [-0.05, 0) is 31.2 Å². The fourth-order valence-corrected chi connectivity index (χ4v) is 2.60. The summed E-state index contributed by atoms with van der Waals surface area (Å²) in [4.78, 5) is 14.3. The third-order valence-electron chi connectivity index (χ3n) is 2.97. The van der Waals surface area contributed by atoms with Crippen molar-refractivity contribution in [2.75, 3.05) is 26.4 Å². The first-order valence-corrected chi connectivity index (χ1v) is 7.69. The highest BCUT2D eigenvalue weighted by molar-refractivity contribution is 7.99. The average molecular weight is 280 g/mol. The fourth-order valence-electron chi connectivity index (χ4n) is 1.76. The zero-order valence-corrected chi connectivity index (χ0v) is 13.1. The fraction of sp³-hybridized carbons (Fsp3) is 0.533. The number of rotatable bonds is 7. The quantitative estimate of drug-likeness (QED) is 0.779. The Labute approximate surface area is 120 Å². The lowest BCUT2D eigenvalue weighted by molar-refractivity contribution is -0.128. The van der Waals surface area contributed by atoms with E-state index >= 15 is 0 Å². The Balaban J connectivity index is 2.42. The molecule has 3 nitrogen and oxygen atoms in total. The zero-order chi connectivity index (χ0) is 14.3. The molecule has 19 heavy (non-hydrogen) atoms. The normalized spacial score (nSPS) is 12.2. The summed E-state index contributed by atoms with van der Waals surface area (Å²) in [5.74, 6) is 1.02. The molecule has 0 heterocycles. The van der Waals surface area contributed by atoms with Crippen molar-refractivity contribution in [2.24, 2.45) is 0 Å². The van der Waals surface area contributed by atoms with Gasteiger partial charge in [0.15, 0.2) is 0 Å². The molecule has 4 heteroatoms. The first-order valence-electron chi connectivity index (χ1n) is 6.71. The van der Waals surface area contributed by atoms with Crippen molar-refractivity contribution in [3.05, 3.63) is 29.8 Å². The molecule has 0 radical (unpaired) electrons. The summed E-state index contributed by atoms with van der Waals surface area (Å²) >= 11 is 1.73. The van der Waals surface area contributed by atoms with Crippen molar-refractivity contribution < 1.29 is 4.79 Å². The molecule has 0 fully saturated rings. The lowest BCUT2D eigenvalue weighted by Gasteiger charge is -2.13. The van der Waals surface area contributed by atoms with Crippen LogP contribution < -0.4 is 5.32 Å². The van der Waals surface area contributed by atoms with E-state index < -0.39 is 0 Å². The van der Waals surface area contributed by atoms with Crippen molar-refractivity contribution in [3.63, 3.8) is 0 Å². The summed E-state index contributed by atoms with van der Waals surface area (Å²) in [6.45, 7) is 5.26. The minimum absolute atomic E-state index is 0.185. The van der Waals surface area contributed by atoms with Gasteiger partial charge in [-0.15, -0.1) is 11.8 Å². The van der Waals surface area contributed by atoms with E-state index in [1.807, 2.05) is 0 Å². The van der Waals surface area contributed by atoms with Crippen LogP contribution in [0.3, 0.4) is 0 Å². The van der Waals surface area contributed by atoms with Crippen molar-refractivity contribution in [2.45, 2.75) is 31.2 Å². The number of thioether (sulfide) groups is 1. The molecule has 1 atom stereocenters. The molecule has 1 rings (SSSR count). The van der Waals surface area contributed by atoms with Crippen LogP contribution >= 0.6 is 11.8 Å². The van der Waals surface area contributed by atoms with Gasteiger partial charge in [-0.1, -0.05) is 19.1 Å². The van der Waals surface area contributed by atoms with E-state index in [0.717, 1.165) is 12.3 Å². The van der Waals surface area contributed by atoms with Crippen LogP contribution in [0.4, 0.5) is 0 Å². The number of carbonyl (C=O) groups excluding carboxylic acids is 1. The van der Waals surface area contributed by atoms with Gasteiger partial charge in [0.25, 0.3) is 0 Å². The number of amides is 1. The number of nitrogens with one attached hydrogen (secondary N) is 1. The summed E-state index contributed by atoms with van der Waals surface area (Å²) in [5.41, 5.74) is 1.30. The smallest absolute Gasteiger partial charge is 0.222 e. The van der Waals surface area contributed by atoms with Crippen LogP contribution in [0, 0.1) is 0 Å². The first-order chi connectivity index (χ1) is 9.04. The molecule has 0 aliphatic carbocycles. The molecular weight excluding hydrogens is 256 g/mol. The maximum Gasteiger partial charge on any atom is 0.222 e. The van der Waals surface area contributed by atoms with Crippen LogP contribution in [-0.2, 0) is 4.79 Å². The molecule has 1 N–H and O–H groups in total. The van der Waals surface area contributed by atoms with Crippen LogP contribution in [-0.4, -0.2) is 37.2 Å². The second-order valence-electron chi connectivity index (χ2n) is 4.74. The Morgan fingerprint density at radius 2 is 1.95 bits per heavy atom. The topological polar surface area (TPSA) is 32.3 Å². The molecule has 1 aromatic carbocycles. The van der Waals surface area contributed by atoms with Crippen LogP contribution in [0.5, 0.6) is 0 Å². The highest BCUT2D eigenvalue weighted by Crippen LogP contribution is 2.21. The summed E-state index contributed by atoms with van der Waals surface area (Å²) in [6.07, 6.45) is 0.590. The SMILES string of the molecule is CCNC(C)c1ccc(SCCC(=O)N(C)C)cc1. The zero-order valence-electron chi connectivity index (χ0n) is 12.3. The Hall–Kier alpha value is -1.00. The van der Waals surface area contributed by atoms with Gasteiger partial charge in [0.05, 0.1) is 0 Å². The van der Waals surface area contributed by atoms with Crippen molar-refractivity contribution in [3.8, 4) is 0 Å². The van der Waals surface area contributed by atoms with E-state index in [1.165, 1.54) is 10.5 Å². The van der Waals surface area contributed by atoms with Gasteiger partial charge in [0, 0.05) is 37.2 Å². The number of hydrogen-bond donors (Lipinski definition) is 1. The van der Waals surface area contributed by atoms with Gasteiger partial charge < -0.3 is 10.2 Å². The van der Waals surface area contributed by atoms with Crippen molar-refractivity contribution in [1.29, 1.82) is 0 Å². The van der Waals surface area contributed by atoms with E-state index in [1.54, 1.807) is 30.8 Å². The molecule has 1 aromatic rings. The number of hydrogen-bond acceptors (Lipinski definition) is 3. The molecule has 0 spiro atoms. The van der Waals surface area contributed by atoms with E-state index in [0.29, 0.717) is 12.5 Å². The molecule has 0 aliphatic heterocycles. The third-order valence-corrected chi connectivity index (χ3v) is 3.99. The minimum atomic E-state index is 0.185. The number of carbonyl (C=O) groups is 1. The maximum absolute atomic E-state index is 11.5. The van der Waals surface area contributed by atoms with Crippen LogP contribution in [0.2, 0.25) is 0 Å². The predicted octanol–water partition coefficient (Wildman–Crippen LogP) is 2.93. The van der Waals surface area contributed by atoms with Crippen molar-refractivity contribution in [1.82, 2.24) is 10.2 Å². The van der Waals surface area contributed by atoms with Gasteiger partial charge in [0.2, 0.25) is 5.91 Å². The number of benzene rings is 1. The van der Waals surface area contributed by atoms with E-state index in [9.17, 15) is 4.79 Å². The van der Waals surface area contributed by atoms with Crippen LogP contribution in [0.15, 0.2) is 29.2 Å². The van der Waals surface area contributed by atoms with E-state index in [-0.39, 0.29) is 5.91 Å². The Kier molecular flexibility index (Phi) is 6.95. The van der Waals surface area contributed by atoms with E-state index in [4.69, 9.17) is 0 Å². The summed E-state index contributed by atoms with van der Waals surface area (Å²) in [5, 5.41) is 3.39. The maximum atomic E-state index is 11.5. The molecule has 0 aromatic heterocycles. The second kappa shape index (κ2) is 8.23. The Morgan fingerprint density at radius 3 is 2.47 bits per heavy atom. The molecule has 1 amide bonds. The highest BCUT2D eigenvalue weighted by atomic mass is 32.2. The molecule has 0 aliphatic rings. The molecule has 106 valence electrons. The molecular formula is C15H24N2OS.